The number of fused-ring (bicyclic) bond motifs is 4. The minimum absolute atomic E-state index is 0.219. The van der Waals surface area contributed by atoms with E-state index in [0.29, 0.717) is 16.9 Å². The van der Waals surface area contributed by atoms with Gasteiger partial charge in [-0.05, 0) is 25.2 Å². The van der Waals surface area contributed by atoms with Crippen LogP contribution in [0.15, 0.2) is 53.4 Å². The number of para-hydroxylation sites is 2. The van der Waals surface area contributed by atoms with Gasteiger partial charge >= 0.3 is 5.97 Å². The lowest BCUT2D eigenvalue weighted by Gasteiger charge is -2.46. The number of likely N-dealkylation sites (N-methyl/N-ethyl adjacent to an activating group) is 1. The first-order valence-electron chi connectivity index (χ1n) is 9.26. The Morgan fingerprint density at radius 2 is 1.72 bits per heavy atom. The zero-order valence-corrected chi connectivity index (χ0v) is 16.7. The molecule has 148 valence electrons. The van der Waals surface area contributed by atoms with Crippen molar-refractivity contribution in [3.63, 3.8) is 0 Å². The molecule has 2 aromatic carbocycles. The Kier molecular flexibility index (Phi) is 3.81. The van der Waals surface area contributed by atoms with Gasteiger partial charge in [-0.15, -0.1) is 11.8 Å². The van der Waals surface area contributed by atoms with E-state index in [0.717, 1.165) is 4.90 Å². The molecule has 0 bridgehead atoms. The molecule has 0 aromatic heterocycles. The van der Waals surface area contributed by atoms with E-state index in [1.54, 1.807) is 7.05 Å². The van der Waals surface area contributed by atoms with Crippen LogP contribution in [0.3, 0.4) is 0 Å². The van der Waals surface area contributed by atoms with Crippen LogP contribution in [-0.2, 0) is 24.7 Å². The van der Waals surface area contributed by atoms with Crippen LogP contribution in [0.25, 0.3) is 0 Å². The van der Waals surface area contributed by atoms with Crippen molar-refractivity contribution in [3.05, 3.63) is 54.1 Å². The second-order valence-corrected chi connectivity index (χ2v) is 8.74. The van der Waals surface area contributed by atoms with Crippen molar-refractivity contribution < 1.29 is 19.1 Å². The first-order chi connectivity index (χ1) is 14.0. The topological polar surface area (TPSA) is 87.7 Å². The number of hydrogen-bond acceptors (Lipinski definition) is 6. The Morgan fingerprint density at radius 1 is 1.07 bits per heavy atom. The third-order valence-electron chi connectivity index (χ3n) is 6.18. The van der Waals surface area contributed by atoms with Crippen LogP contribution in [0, 0.1) is 5.92 Å². The minimum atomic E-state index is -1.42. The van der Waals surface area contributed by atoms with Crippen molar-refractivity contribution in [1.82, 2.24) is 4.90 Å². The highest BCUT2D eigenvalue weighted by Gasteiger charge is 2.76. The van der Waals surface area contributed by atoms with Crippen LogP contribution in [0.2, 0.25) is 0 Å². The molecule has 5 rings (SSSR count). The van der Waals surface area contributed by atoms with E-state index < -0.39 is 22.2 Å². The third-order valence-corrected chi connectivity index (χ3v) is 7.84. The average Bonchev–Trinajstić information content (AvgIpc) is 3.17. The molecule has 0 unspecified atom stereocenters. The SMILES string of the molecule is COC(=O)[C@@H]1CN(C)[C@]2(C(=O)Nc3ccccc32)[C@]12Sc1ccccc1NC2=O. The number of carbonyl (C=O) groups is 3. The van der Waals surface area contributed by atoms with Crippen molar-refractivity contribution >= 4 is 40.9 Å². The maximum absolute atomic E-state index is 13.7. The number of nitrogens with one attached hydrogen (secondary N) is 2. The molecule has 3 heterocycles. The normalized spacial score (nSPS) is 30.1. The van der Waals surface area contributed by atoms with Crippen LogP contribution in [0.5, 0.6) is 0 Å². The van der Waals surface area contributed by atoms with Crippen LogP contribution in [0.4, 0.5) is 11.4 Å². The molecule has 0 aliphatic carbocycles. The Bertz CT molecular complexity index is 1070. The van der Waals surface area contributed by atoms with Gasteiger partial charge in [0, 0.05) is 22.7 Å². The molecule has 2 amide bonds. The van der Waals surface area contributed by atoms with Crippen LogP contribution < -0.4 is 10.6 Å². The quantitative estimate of drug-likeness (QED) is 0.701. The van der Waals surface area contributed by atoms with E-state index in [9.17, 15) is 14.4 Å². The number of methoxy groups -OCH3 is 1. The van der Waals surface area contributed by atoms with Gasteiger partial charge in [0.05, 0.1) is 18.7 Å². The summed E-state index contributed by atoms with van der Waals surface area (Å²) in [5.74, 6) is -2.01. The van der Waals surface area contributed by atoms with E-state index in [4.69, 9.17) is 4.74 Å². The first kappa shape index (κ1) is 18.2. The van der Waals surface area contributed by atoms with Crippen LogP contribution in [-0.4, -0.2) is 48.1 Å². The smallest absolute Gasteiger partial charge is 0.312 e. The molecular weight excluding hydrogens is 390 g/mol. The van der Waals surface area contributed by atoms with Crippen LogP contribution in [0.1, 0.15) is 5.56 Å². The number of carbonyl (C=O) groups excluding carboxylic acids is 3. The molecule has 2 N–H and O–H groups in total. The summed E-state index contributed by atoms with van der Waals surface area (Å²) in [4.78, 5) is 42.8. The predicted molar refractivity (Wildman–Crippen MR) is 109 cm³/mol. The van der Waals surface area contributed by atoms with Gasteiger partial charge in [0.2, 0.25) is 5.91 Å². The summed E-state index contributed by atoms with van der Waals surface area (Å²) in [6.45, 7) is 0.219. The number of amides is 2. The summed E-state index contributed by atoms with van der Waals surface area (Å²) in [6, 6.07) is 14.7. The highest BCUT2D eigenvalue weighted by molar-refractivity contribution is 8.02. The molecule has 3 aliphatic rings. The fourth-order valence-electron chi connectivity index (χ4n) is 5.01. The lowest BCUT2D eigenvalue weighted by molar-refractivity contribution is -0.148. The van der Waals surface area contributed by atoms with Gasteiger partial charge in [0.1, 0.15) is 4.75 Å². The summed E-state index contributed by atoms with van der Waals surface area (Å²) >= 11 is 1.28. The minimum Gasteiger partial charge on any atom is -0.469 e. The molecule has 7 nitrogen and oxygen atoms in total. The van der Waals surface area contributed by atoms with Crippen molar-refractivity contribution in [2.24, 2.45) is 5.92 Å². The highest BCUT2D eigenvalue weighted by Crippen LogP contribution is 2.63. The fourth-order valence-corrected chi connectivity index (χ4v) is 6.70. The summed E-state index contributed by atoms with van der Waals surface area (Å²) in [5, 5.41) is 5.88. The molecular formula is C21H19N3O4S. The lowest BCUT2D eigenvalue weighted by atomic mass is 9.73. The van der Waals surface area contributed by atoms with Gasteiger partial charge < -0.3 is 15.4 Å². The third kappa shape index (κ3) is 2.05. The van der Waals surface area contributed by atoms with Crippen molar-refractivity contribution in [2.75, 3.05) is 31.3 Å². The fraction of sp³-hybridized carbons (Fsp3) is 0.286. The number of nitrogens with zero attached hydrogens (tertiary/aromatic N) is 1. The lowest BCUT2D eigenvalue weighted by Crippen LogP contribution is -2.65. The Morgan fingerprint density at radius 3 is 2.48 bits per heavy atom. The van der Waals surface area contributed by atoms with Crippen molar-refractivity contribution in [1.29, 1.82) is 0 Å². The molecule has 3 aliphatic heterocycles. The molecule has 29 heavy (non-hydrogen) atoms. The summed E-state index contributed by atoms with van der Waals surface area (Å²) in [6.07, 6.45) is 0. The van der Waals surface area contributed by atoms with Gasteiger partial charge in [-0.1, -0.05) is 30.3 Å². The van der Waals surface area contributed by atoms with Gasteiger partial charge in [0.25, 0.3) is 5.91 Å². The van der Waals surface area contributed by atoms with E-state index in [2.05, 4.69) is 10.6 Å². The second-order valence-electron chi connectivity index (χ2n) is 7.45. The predicted octanol–water partition coefficient (Wildman–Crippen LogP) is 2.05. The largest absolute Gasteiger partial charge is 0.469 e. The number of benzene rings is 2. The van der Waals surface area contributed by atoms with Gasteiger partial charge in [-0.25, -0.2) is 0 Å². The number of hydrogen-bond donors (Lipinski definition) is 2. The molecule has 0 saturated carbocycles. The summed E-state index contributed by atoms with van der Waals surface area (Å²) < 4.78 is 3.66. The van der Waals surface area contributed by atoms with Gasteiger partial charge in [-0.2, -0.15) is 0 Å². The zero-order chi connectivity index (χ0) is 20.4. The van der Waals surface area contributed by atoms with Gasteiger partial charge in [-0.3, -0.25) is 19.3 Å². The number of thioether (sulfide) groups is 1. The van der Waals surface area contributed by atoms with E-state index in [-0.39, 0.29) is 18.4 Å². The van der Waals surface area contributed by atoms with E-state index >= 15 is 0 Å². The number of anilines is 2. The maximum Gasteiger partial charge on any atom is 0.312 e. The maximum atomic E-state index is 13.7. The Hall–Kier alpha value is -2.84. The molecule has 2 aromatic rings. The second kappa shape index (κ2) is 6.08. The van der Waals surface area contributed by atoms with E-state index in [1.165, 1.54) is 18.9 Å². The first-order valence-corrected chi connectivity index (χ1v) is 10.1. The standard InChI is InChI=1S/C21H19N3O4S/c1-24-11-13(17(25)28-2)21(19(27)23-15-9-5-6-10-16(15)29-21)20(24)12-7-3-4-8-14(12)22-18(20)26/h3-10,13H,11H2,1-2H3,(H,22,26)(H,23,27)/t13-,20+,21-/m0/s1. The summed E-state index contributed by atoms with van der Waals surface area (Å²) in [5.41, 5.74) is 0.681. The van der Waals surface area contributed by atoms with Crippen LogP contribution >= 0.6 is 11.8 Å². The Labute approximate surface area is 171 Å². The zero-order valence-electron chi connectivity index (χ0n) is 15.9. The number of likely N-dealkylation sites (tertiary alicyclic amines) is 1. The molecule has 0 radical (unpaired) electrons. The summed E-state index contributed by atoms with van der Waals surface area (Å²) in [7, 11) is 3.09. The number of ether oxygens (including phenoxy) is 1. The van der Waals surface area contributed by atoms with Gasteiger partial charge in [0.15, 0.2) is 5.54 Å². The monoisotopic (exact) mass is 409 g/mol. The molecule has 1 saturated heterocycles. The average molecular weight is 409 g/mol. The van der Waals surface area contributed by atoms with E-state index in [1.807, 2.05) is 53.4 Å². The van der Waals surface area contributed by atoms with Crippen molar-refractivity contribution in [3.8, 4) is 0 Å². The highest BCUT2D eigenvalue weighted by atomic mass is 32.2. The Balaban J connectivity index is 1.83. The molecule has 1 fully saturated rings. The number of rotatable bonds is 1. The molecule has 2 spiro atoms. The molecule has 8 heteroatoms. The van der Waals surface area contributed by atoms with Crippen molar-refractivity contribution in [2.45, 2.75) is 15.2 Å². The number of esters is 1. The molecule has 3 atom stereocenters.